The Morgan fingerprint density at radius 3 is 2.79 bits per heavy atom. The summed E-state index contributed by atoms with van der Waals surface area (Å²) in [7, 11) is 0. The molecular weight excluding hydrogens is 172 g/mol. The van der Waals surface area contributed by atoms with Crippen molar-refractivity contribution in [3.05, 3.63) is 30.1 Å². The van der Waals surface area contributed by atoms with Gasteiger partial charge >= 0.3 is 0 Å². The molecule has 14 heavy (non-hydrogen) atoms. The van der Waals surface area contributed by atoms with Crippen LogP contribution in [0.15, 0.2) is 29.5 Å². The first-order valence-electron chi connectivity index (χ1n) is 5.36. The minimum Gasteiger partial charge on any atom is -0.289 e. The maximum atomic E-state index is 4.63. The lowest BCUT2D eigenvalue weighted by atomic mass is 9.98. The van der Waals surface area contributed by atoms with Crippen molar-refractivity contribution in [1.29, 1.82) is 0 Å². The van der Waals surface area contributed by atoms with Gasteiger partial charge in [0.15, 0.2) is 0 Å². The third kappa shape index (κ3) is 2.66. The van der Waals surface area contributed by atoms with Crippen molar-refractivity contribution in [1.82, 2.24) is 4.98 Å². The Morgan fingerprint density at radius 1 is 1.21 bits per heavy atom. The molecule has 0 aliphatic heterocycles. The van der Waals surface area contributed by atoms with Crippen LogP contribution < -0.4 is 0 Å². The summed E-state index contributed by atoms with van der Waals surface area (Å²) in [4.78, 5) is 8.71. The highest BCUT2D eigenvalue weighted by molar-refractivity contribution is 5.84. The summed E-state index contributed by atoms with van der Waals surface area (Å²) in [5.41, 5.74) is 2.62. The SMILES string of the molecule is c1cncc(CN=C2CCCCC2)c1. The van der Waals surface area contributed by atoms with E-state index < -0.39 is 0 Å². The number of hydrogen-bond donors (Lipinski definition) is 0. The van der Waals surface area contributed by atoms with Gasteiger partial charge in [-0.15, -0.1) is 0 Å². The monoisotopic (exact) mass is 188 g/mol. The van der Waals surface area contributed by atoms with E-state index in [1.807, 2.05) is 12.3 Å². The highest BCUT2D eigenvalue weighted by Gasteiger charge is 2.05. The average Bonchev–Trinajstić information content (AvgIpc) is 2.29. The van der Waals surface area contributed by atoms with E-state index in [1.165, 1.54) is 43.4 Å². The van der Waals surface area contributed by atoms with Gasteiger partial charge < -0.3 is 0 Å². The third-order valence-corrected chi connectivity index (χ3v) is 2.64. The lowest BCUT2D eigenvalue weighted by molar-refractivity contribution is 0.663. The molecule has 1 aromatic heterocycles. The van der Waals surface area contributed by atoms with Crippen molar-refractivity contribution in [2.24, 2.45) is 4.99 Å². The molecule has 1 fully saturated rings. The zero-order valence-electron chi connectivity index (χ0n) is 8.45. The van der Waals surface area contributed by atoms with Crippen molar-refractivity contribution in [3.8, 4) is 0 Å². The topological polar surface area (TPSA) is 25.2 Å². The number of rotatable bonds is 2. The maximum absolute atomic E-state index is 4.63. The molecule has 0 bridgehead atoms. The molecule has 2 rings (SSSR count). The molecular formula is C12H16N2. The molecule has 1 aliphatic rings. The first-order chi connectivity index (χ1) is 6.95. The summed E-state index contributed by atoms with van der Waals surface area (Å²) in [6.45, 7) is 0.809. The molecule has 1 aromatic rings. The lowest BCUT2D eigenvalue weighted by Crippen LogP contribution is -2.04. The fourth-order valence-corrected chi connectivity index (χ4v) is 1.81. The normalized spacial score (nSPS) is 16.7. The van der Waals surface area contributed by atoms with E-state index in [0.29, 0.717) is 0 Å². The Balaban J connectivity index is 1.92. The number of aromatic nitrogens is 1. The molecule has 1 saturated carbocycles. The van der Waals surface area contributed by atoms with Crippen LogP contribution in [0.1, 0.15) is 37.7 Å². The van der Waals surface area contributed by atoms with Crippen LogP contribution in [0.4, 0.5) is 0 Å². The van der Waals surface area contributed by atoms with Crippen molar-refractivity contribution in [3.63, 3.8) is 0 Å². The summed E-state index contributed by atoms with van der Waals surface area (Å²) in [6.07, 6.45) is 10.1. The first kappa shape index (κ1) is 9.38. The Labute approximate surface area is 85.1 Å². The quantitative estimate of drug-likeness (QED) is 0.700. The molecule has 0 saturated heterocycles. The highest BCUT2D eigenvalue weighted by Crippen LogP contribution is 2.15. The van der Waals surface area contributed by atoms with Crippen LogP contribution in [-0.4, -0.2) is 10.7 Å². The zero-order valence-corrected chi connectivity index (χ0v) is 8.45. The van der Waals surface area contributed by atoms with Crippen LogP contribution >= 0.6 is 0 Å². The van der Waals surface area contributed by atoms with Crippen molar-refractivity contribution >= 4 is 5.71 Å². The predicted octanol–water partition coefficient (Wildman–Crippen LogP) is 2.99. The molecule has 2 nitrogen and oxygen atoms in total. The van der Waals surface area contributed by atoms with E-state index in [0.717, 1.165) is 6.54 Å². The van der Waals surface area contributed by atoms with Gasteiger partial charge in [0.2, 0.25) is 0 Å². The van der Waals surface area contributed by atoms with Gasteiger partial charge in [0.25, 0.3) is 0 Å². The van der Waals surface area contributed by atoms with Gasteiger partial charge in [0, 0.05) is 18.1 Å². The van der Waals surface area contributed by atoms with Gasteiger partial charge in [0.1, 0.15) is 0 Å². The van der Waals surface area contributed by atoms with Crippen molar-refractivity contribution in [2.75, 3.05) is 0 Å². The van der Waals surface area contributed by atoms with E-state index in [9.17, 15) is 0 Å². The minimum atomic E-state index is 0.809. The van der Waals surface area contributed by atoms with E-state index in [4.69, 9.17) is 0 Å². The Hall–Kier alpha value is -1.18. The molecule has 0 aromatic carbocycles. The summed E-state index contributed by atoms with van der Waals surface area (Å²) in [6, 6.07) is 4.05. The Kier molecular flexibility index (Phi) is 3.28. The number of nitrogens with zero attached hydrogens (tertiary/aromatic N) is 2. The highest BCUT2D eigenvalue weighted by atomic mass is 14.7. The number of aliphatic imine (C=N–C) groups is 1. The predicted molar refractivity (Wildman–Crippen MR) is 58.5 cm³/mol. The second-order valence-electron chi connectivity index (χ2n) is 3.80. The van der Waals surface area contributed by atoms with Crippen LogP contribution in [0.5, 0.6) is 0 Å². The molecule has 0 amide bonds. The lowest BCUT2D eigenvalue weighted by Gasteiger charge is -2.11. The Bertz CT molecular complexity index is 295. The smallest absolute Gasteiger partial charge is 0.0654 e. The molecule has 2 heteroatoms. The fourth-order valence-electron chi connectivity index (χ4n) is 1.81. The molecule has 1 heterocycles. The molecule has 0 atom stereocenters. The van der Waals surface area contributed by atoms with Crippen LogP contribution in [0.25, 0.3) is 0 Å². The Morgan fingerprint density at radius 2 is 2.07 bits per heavy atom. The fraction of sp³-hybridized carbons (Fsp3) is 0.500. The van der Waals surface area contributed by atoms with E-state index in [-0.39, 0.29) is 0 Å². The van der Waals surface area contributed by atoms with Crippen LogP contribution in [-0.2, 0) is 6.54 Å². The molecule has 1 aliphatic carbocycles. The molecule has 0 radical (unpaired) electrons. The van der Waals surface area contributed by atoms with Gasteiger partial charge in [-0.2, -0.15) is 0 Å². The zero-order chi connectivity index (χ0) is 9.64. The van der Waals surface area contributed by atoms with Crippen molar-refractivity contribution < 1.29 is 0 Å². The van der Waals surface area contributed by atoms with Crippen LogP contribution in [0, 0.1) is 0 Å². The summed E-state index contributed by atoms with van der Waals surface area (Å²) in [5, 5.41) is 0. The summed E-state index contributed by atoms with van der Waals surface area (Å²) >= 11 is 0. The number of pyridine rings is 1. The second-order valence-corrected chi connectivity index (χ2v) is 3.80. The van der Waals surface area contributed by atoms with Crippen LogP contribution in [0.2, 0.25) is 0 Å². The molecule has 0 N–H and O–H groups in total. The average molecular weight is 188 g/mol. The molecule has 0 spiro atoms. The second kappa shape index (κ2) is 4.89. The van der Waals surface area contributed by atoms with Gasteiger partial charge in [-0.05, 0) is 37.3 Å². The number of hydrogen-bond acceptors (Lipinski definition) is 2. The summed E-state index contributed by atoms with van der Waals surface area (Å²) < 4.78 is 0. The third-order valence-electron chi connectivity index (χ3n) is 2.64. The first-order valence-corrected chi connectivity index (χ1v) is 5.36. The van der Waals surface area contributed by atoms with E-state index in [1.54, 1.807) is 6.20 Å². The van der Waals surface area contributed by atoms with Gasteiger partial charge in [0.05, 0.1) is 6.54 Å². The van der Waals surface area contributed by atoms with Gasteiger partial charge in [-0.3, -0.25) is 9.98 Å². The molecule has 0 unspecified atom stereocenters. The van der Waals surface area contributed by atoms with E-state index in [2.05, 4.69) is 16.0 Å². The largest absolute Gasteiger partial charge is 0.289 e. The van der Waals surface area contributed by atoms with Gasteiger partial charge in [-0.25, -0.2) is 0 Å². The van der Waals surface area contributed by atoms with Crippen LogP contribution in [0.3, 0.4) is 0 Å². The standard InChI is InChI=1S/C12H16N2/c1-2-6-12(7-3-1)14-10-11-5-4-8-13-9-11/h4-5,8-9H,1-3,6-7,10H2. The summed E-state index contributed by atoms with van der Waals surface area (Å²) in [5.74, 6) is 0. The van der Waals surface area contributed by atoms with E-state index >= 15 is 0 Å². The van der Waals surface area contributed by atoms with Crippen molar-refractivity contribution in [2.45, 2.75) is 38.6 Å². The van der Waals surface area contributed by atoms with Gasteiger partial charge in [-0.1, -0.05) is 12.5 Å². The minimum absolute atomic E-state index is 0.809. The maximum Gasteiger partial charge on any atom is 0.0654 e. The molecule has 74 valence electrons.